The van der Waals surface area contributed by atoms with Crippen LogP contribution in [0.1, 0.15) is 32.3 Å². The summed E-state index contributed by atoms with van der Waals surface area (Å²) < 4.78 is 5.42. The van der Waals surface area contributed by atoms with Crippen molar-refractivity contribution in [2.75, 3.05) is 0 Å². The highest BCUT2D eigenvalue weighted by molar-refractivity contribution is 5.94. The highest BCUT2D eigenvalue weighted by Crippen LogP contribution is 2.31. The van der Waals surface area contributed by atoms with E-state index in [4.69, 9.17) is 9.36 Å². The van der Waals surface area contributed by atoms with E-state index in [0.29, 0.717) is 24.1 Å². The quantitative estimate of drug-likeness (QED) is 0.721. The molecule has 116 valence electrons. The van der Waals surface area contributed by atoms with Crippen LogP contribution >= 0.6 is 0 Å². The zero-order valence-corrected chi connectivity index (χ0v) is 13.1. The molecule has 4 rings (SSSR count). The highest BCUT2D eigenvalue weighted by Gasteiger charge is 2.29. The van der Waals surface area contributed by atoms with E-state index in [0.717, 1.165) is 22.0 Å². The predicted molar refractivity (Wildman–Crippen MR) is 88.0 cm³/mol. The average Bonchev–Trinajstić information content (AvgIpc) is 3.23. The van der Waals surface area contributed by atoms with E-state index in [1.54, 1.807) is 0 Å². The van der Waals surface area contributed by atoms with Gasteiger partial charge in [0.25, 0.3) is 5.89 Å². The number of oxime groups is 1. The topological polar surface area (TPSA) is 60.5 Å². The average molecular weight is 307 g/mol. The minimum atomic E-state index is -0.274. The Bertz CT molecular complexity index is 877. The maximum atomic E-state index is 5.44. The lowest BCUT2D eigenvalue weighted by molar-refractivity contribution is 0.0599. The Morgan fingerprint density at radius 3 is 2.74 bits per heavy atom. The van der Waals surface area contributed by atoms with Gasteiger partial charge in [0.2, 0.25) is 11.9 Å². The molecule has 1 atom stereocenters. The second-order valence-electron chi connectivity index (χ2n) is 6.02. The Morgan fingerprint density at radius 1 is 1.09 bits per heavy atom. The van der Waals surface area contributed by atoms with Gasteiger partial charge >= 0.3 is 0 Å². The van der Waals surface area contributed by atoms with Crippen LogP contribution in [0.5, 0.6) is 0 Å². The van der Waals surface area contributed by atoms with Crippen LogP contribution in [0.2, 0.25) is 0 Å². The molecule has 0 radical (unpaired) electrons. The van der Waals surface area contributed by atoms with Crippen LogP contribution in [-0.4, -0.2) is 15.9 Å². The van der Waals surface area contributed by atoms with Crippen LogP contribution in [0, 0.1) is 5.92 Å². The third-order valence-corrected chi connectivity index (χ3v) is 4.11. The second kappa shape index (κ2) is 5.50. The van der Waals surface area contributed by atoms with Gasteiger partial charge in [-0.1, -0.05) is 66.6 Å². The minimum Gasteiger partial charge on any atom is -0.382 e. The molecular weight excluding hydrogens is 290 g/mol. The fourth-order valence-electron chi connectivity index (χ4n) is 2.77. The number of hydrogen-bond donors (Lipinski definition) is 0. The molecule has 2 heterocycles. The summed E-state index contributed by atoms with van der Waals surface area (Å²) in [5.41, 5.74) is 1.99. The fourth-order valence-corrected chi connectivity index (χ4v) is 2.77. The Morgan fingerprint density at radius 2 is 1.91 bits per heavy atom. The molecule has 1 aliphatic rings. The monoisotopic (exact) mass is 307 g/mol. The highest BCUT2D eigenvalue weighted by atomic mass is 16.7. The van der Waals surface area contributed by atoms with Crippen molar-refractivity contribution in [2.24, 2.45) is 11.1 Å². The van der Waals surface area contributed by atoms with E-state index in [1.807, 2.05) is 24.3 Å². The number of hydrogen-bond acceptors (Lipinski definition) is 5. The van der Waals surface area contributed by atoms with Gasteiger partial charge in [-0.3, -0.25) is 0 Å². The molecule has 3 aromatic rings. The number of rotatable bonds is 3. The van der Waals surface area contributed by atoms with E-state index in [-0.39, 0.29) is 6.10 Å². The van der Waals surface area contributed by atoms with Crippen molar-refractivity contribution in [1.29, 1.82) is 0 Å². The Kier molecular flexibility index (Phi) is 3.33. The van der Waals surface area contributed by atoms with Crippen LogP contribution in [-0.2, 0) is 4.84 Å². The van der Waals surface area contributed by atoms with Gasteiger partial charge < -0.3 is 9.36 Å². The van der Waals surface area contributed by atoms with Crippen LogP contribution in [0.3, 0.4) is 0 Å². The van der Waals surface area contributed by atoms with E-state index in [9.17, 15) is 0 Å². The van der Waals surface area contributed by atoms with Crippen molar-refractivity contribution in [1.82, 2.24) is 10.1 Å². The molecule has 1 aromatic heterocycles. The molecule has 0 fully saturated rings. The van der Waals surface area contributed by atoms with Crippen molar-refractivity contribution in [2.45, 2.75) is 26.4 Å². The smallest absolute Gasteiger partial charge is 0.271 e. The molecule has 0 saturated heterocycles. The minimum absolute atomic E-state index is 0.274. The first-order chi connectivity index (χ1) is 11.2. The third-order valence-electron chi connectivity index (χ3n) is 4.11. The molecule has 0 bridgehead atoms. The summed E-state index contributed by atoms with van der Waals surface area (Å²) in [4.78, 5) is 9.97. The first kappa shape index (κ1) is 13.9. The van der Waals surface area contributed by atoms with Crippen molar-refractivity contribution in [3.05, 3.63) is 48.4 Å². The lowest BCUT2D eigenvalue weighted by Gasteiger charge is -2.03. The molecular formula is C18H17N3O2. The van der Waals surface area contributed by atoms with E-state index < -0.39 is 0 Å². The van der Waals surface area contributed by atoms with Gasteiger partial charge in [0, 0.05) is 12.0 Å². The summed E-state index contributed by atoms with van der Waals surface area (Å²) in [6, 6.07) is 14.2. The maximum Gasteiger partial charge on any atom is 0.271 e. The zero-order chi connectivity index (χ0) is 15.8. The molecule has 5 nitrogen and oxygen atoms in total. The van der Waals surface area contributed by atoms with Crippen molar-refractivity contribution < 1.29 is 9.36 Å². The van der Waals surface area contributed by atoms with Gasteiger partial charge in [0.15, 0.2) is 0 Å². The summed E-state index contributed by atoms with van der Waals surface area (Å²) in [6.07, 6.45) is 0.429. The molecule has 0 saturated carbocycles. The molecule has 0 aliphatic carbocycles. The Labute approximate surface area is 134 Å². The van der Waals surface area contributed by atoms with Gasteiger partial charge in [0.1, 0.15) is 0 Å². The zero-order valence-electron chi connectivity index (χ0n) is 13.1. The van der Waals surface area contributed by atoms with E-state index in [2.05, 4.69) is 47.3 Å². The summed E-state index contributed by atoms with van der Waals surface area (Å²) in [5.74, 6) is 1.42. The van der Waals surface area contributed by atoms with Crippen molar-refractivity contribution >= 4 is 16.5 Å². The van der Waals surface area contributed by atoms with Crippen LogP contribution < -0.4 is 0 Å². The van der Waals surface area contributed by atoms with Crippen molar-refractivity contribution in [3.8, 4) is 11.4 Å². The number of aromatic nitrogens is 2. The number of benzene rings is 2. The second-order valence-corrected chi connectivity index (χ2v) is 6.02. The number of fused-ring (bicyclic) bond motifs is 1. The largest absolute Gasteiger partial charge is 0.382 e. The van der Waals surface area contributed by atoms with Crippen LogP contribution in [0.4, 0.5) is 0 Å². The van der Waals surface area contributed by atoms with Gasteiger partial charge in [0.05, 0.1) is 5.71 Å². The lowest BCUT2D eigenvalue weighted by Crippen LogP contribution is -2.06. The van der Waals surface area contributed by atoms with Gasteiger partial charge in [-0.25, -0.2) is 0 Å². The summed E-state index contributed by atoms with van der Waals surface area (Å²) in [5, 5.41) is 10.5. The maximum absolute atomic E-state index is 5.44. The van der Waals surface area contributed by atoms with E-state index in [1.165, 1.54) is 0 Å². The normalized spacial score (nSPS) is 17.5. The molecule has 0 N–H and O–H groups in total. The van der Waals surface area contributed by atoms with Gasteiger partial charge in [-0.05, 0) is 16.7 Å². The van der Waals surface area contributed by atoms with Gasteiger partial charge in [-0.15, -0.1) is 0 Å². The third kappa shape index (κ3) is 2.48. The fraction of sp³-hybridized carbons (Fsp3) is 0.278. The summed E-state index contributed by atoms with van der Waals surface area (Å²) in [6.45, 7) is 4.19. The van der Waals surface area contributed by atoms with Gasteiger partial charge in [-0.2, -0.15) is 4.98 Å². The van der Waals surface area contributed by atoms with Crippen molar-refractivity contribution in [3.63, 3.8) is 0 Å². The first-order valence-corrected chi connectivity index (χ1v) is 7.76. The van der Waals surface area contributed by atoms with Crippen LogP contribution in [0.15, 0.2) is 52.1 Å². The SMILES string of the molecule is CC(C)C1=NO[C@@H](c2nc(-c3cccc4ccccc34)no2)C1. The molecule has 5 heteroatoms. The molecule has 2 aromatic carbocycles. The molecule has 0 amide bonds. The Hall–Kier alpha value is -2.69. The predicted octanol–water partition coefficient (Wildman–Crippen LogP) is 4.36. The summed E-state index contributed by atoms with van der Waals surface area (Å²) in [7, 11) is 0. The molecule has 23 heavy (non-hydrogen) atoms. The molecule has 0 unspecified atom stereocenters. The first-order valence-electron chi connectivity index (χ1n) is 7.76. The summed E-state index contributed by atoms with van der Waals surface area (Å²) >= 11 is 0. The van der Waals surface area contributed by atoms with E-state index >= 15 is 0 Å². The standard InChI is InChI=1S/C18H17N3O2/c1-11(2)15-10-16(22-20-15)18-19-17(21-23-18)14-9-5-7-12-6-3-4-8-13(12)14/h3-9,11,16H,10H2,1-2H3/t16-/m1/s1. The molecule has 0 spiro atoms. The van der Waals surface area contributed by atoms with Crippen LogP contribution in [0.25, 0.3) is 22.2 Å². The number of nitrogens with zero attached hydrogens (tertiary/aromatic N) is 3. The Balaban J connectivity index is 1.66. The molecule has 1 aliphatic heterocycles. The lowest BCUT2D eigenvalue weighted by atomic mass is 10.0.